The Morgan fingerprint density at radius 1 is 0.966 bits per heavy atom. The molecule has 8 heteroatoms. The van der Waals surface area contributed by atoms with E-state index in [1.807, 2.05) is 18.2 Å². The molecule has 0 saturated heterocycles. The lowest BCUT2D eigenvalue weighted by atomic mass is 10.0. The van der Waals surface area contributed by atoms with Crippen molar-refractivity contribution in [3.8, 4) is 0 Å². The molecule has 3 amide bonds. The number of hydrogen-bond acceptors (Lipinski definition) is 5. The number of ether oxygens (including phenoxy) is 2. The molecule has 0 saturated carbocycles. The highest BCUT2D eigenvalue weighted by Crippen LogP contribution is 2.24. The van der Waals surface area contributed by atoms with Gasteiger partial charge >= 0.3 is 12.2 Å². The molecule has 0 aliphatic rings. The Kier molecular flexibility index (Phi) is 7.19. The van der Waals surface area contributed by atoms with Crippen molar-refractivity contribution in [2.24, 2.45) is 5.73 Å². The molecule has 2 aromatic rings. The summed E-state index contributed by atoms with van der Waals surface area (Å²) in [6.45, 7) is 5.23. The summed E-state index contributed by atoms with van der Waals surface area (Å²) in [6, 6.07) is 14.4. The second kappa shape index (κ2) is 9.59. The second-order valence-corrected chi connectivity index (χ2v) is 7.26. The summed E-state index contributed by atoms with van der Waals surface area (Å²) in [4.78, 5) is 36.2. The monoisotopic (exact) mass is 399 g/mol. The molecule has 2 aromatic carbocycles. The number of benzene rings is 2. The van der Waals surface area contributed by atoms with Crippen LogP contribution in [0.3, 0.4) is 0 Å². The van der Waals surface area contributed by atoms with E-state index in [2.05, 4.69) is 10.6 Å². The van der Waals surface area contributed by atoms with Crippen molar-refractivity contribution < 1.29 is 23.9 Å². The number of para-hydroxylation sites is 1. The predicted octanol–water partition coefficient (Wildman–Crippen LogP) is 3.49. The first kappa shape index (κ1) is 21.7. The van der Waals surface area contributed by atoms with Crippen molar-refractivity contribution in [1.82, 2.24) is 5.32 Å². The minimum Gasteiger partial charge on any atom is -0.445 e. The number of primary amides is 1. The minimum absolute atomic E-state index is 0.0377. The summed E-state index contributed by atoms with van der Waals surface area (Å²) in [7, 11) is 0. The van der Waals surface area contributed by atoms with Crippen molar-refractivity contribution >= 4 is 23.8 Å². The lowest BCUT2D eigenvalue weighted by molar-refractivity contribution is -0.120. The molecule has 1 unspecified atom stereocenters. The molecule has 0 bridgehead atoms. The van der Waals surface area contributed by atoms with E-state index in [1.165, 1.54) is 0 Å². The summed E-state index contributed by atoms with van der Waals surface area (Å²) in [6.07, 6.45) is -1.51. The zero-order chi connectivity index (χ0) is 21.4. The molecule has 0 aromatic heterocycles. The Labute approximate surface area is 169 Å². The van der Waals surface area contributed by atoms with Gasteiger partial charge in [-0.05, 0) is 32.4 Å². The Morgan fingerprint density at radius 3 is 2.21 bits per heavy atom. The van der Waals surface area contributed by atoms with Gasteiger partial charge in [0.1, 0.15) is 18.2 Å². The third-order valence-corrected chi connectivity index (χ3v) is 3.67. The average molecular weight is 399 g/mol. The van der Waals surface area contributed by atoms with Crippen LogP contribution in [0.5, 0.6) is 0 Å². The Bertz CT molecular complexity index is 862. The van der Waals surface area contributed by atoms with Crippen molar-refractivity contribution in [3.05, 3.63) is 65.7 Å². The van der Waals surface area contributed by atoms with Gasteiger partial charge in [0.15, 0.2) is 0 Å². The Hall–Kier alpha value is -3.55. The third-order valence-electron chi connectivity index (χ3n) is 3.67. The molecule has 1 atom stereocenters. The highest BCUT2D eigenvalue weighted by Gasteiger charge is 2.25. The first-order chi connectivity index (χ1) is 13.7. The topological polar surface area (TPSA) is 120 Å². The summed E-state index contributed by atoms with van der Waals surface area (Å²) in [5.41, 5.74) is 6.17. The standard InChI is InChI=1S/C21H25N3O5/c1-21(2,3)29-20(27)23-16-12-8-7-11-15(16)17(18(22)25)24-19(26)28-13-14-9-5-4-6-10-14/h4-12,17H,13H2,1-3H3,(H2,22,25)(H,23,27)(H,24,26). The smallest absolute Gasteiger partial charge is 0.412 e. The fraction of sp³-hybridized carbons (Fsp3) is 0.286. The number of carbonyl (C=O) groups is 3. The van der Waals surface area contributed by atoms with Crippen molar-refractivity contribution in [2.75, 3.05) is 5.32 Å². The van der Waals surface area contributed by atoms with Gasteiger partial charge in [0.05, 0.1) is 0 Å². The number of nitrogens with two attached hydrogens (primary N) is 1. The van der Waals surface area contributed by atoms with Crippen LogP contribution in [0, 0.1) is 0 Å². The molecule has 0 aliphatic carbocycles. The fourth-order valence-electron chi connectivity index (χ4n) is 2.46. The molecule has 2 rings (SSSR count). The quantitative estimate of drug-likeness (QED) is 0.687. The van der Waals surface area contributed by atoms with E-state index < -0.39 is 29.7 Å². The number of carbonyl (C=O) groups excluding carboxylic acids is 3. The van der Waals surface area contributed by atoms with E-state index in [-0.39, 0.29) is 12.3 Å². The molecule has 4 N–H and O–H groups in total. The normalized spacial score (nSPS) is 11.8. The molecular formula is C21H25N3O5. The lowest BCUT2D eigenvalue weighted by Crippen LogP contribution is -2.38. The first-order valence-corrected chi connectivity index (χ1v) is 9.01. The molecule has 0 radical (unpaired) electrons. The first-order valence-electron chi connectivity index (χ1n) is 9.01. The van der Waals surface area contributed by atoms with Gasteiger partial charge in [0, 0.05) is 11.3 Å². The van der Waals surface area contributed by atoms with Crippen LogP contribution in [0.2, 0.25) is 0 Å². The Balaban J connectivity index is 2.11. The summed E-state index contributed by atoms with van der Waals surface area (Å²) < 4.78 is 10.4. The largest absolute Gasteiger partial charge is 0.445 e. The lowest BCUT2D eigenvalue weighted by Gasteiger charge is -2.22. The fourth-order valence-corrected chi connectivity index (χ4v) is 2.46. The zero-order valence-corrected chi connectivity index (χ0v) is 16.6. The third kappa shape index (κ3) is 7.17. The molecule has 0 spiro atoms. The van der Waals surface area contributed by atoms with Crippen LogP contribution in [0.1, 0.15) is 37.9 Å². The van der Waals surface area contributed by atoms with Crippen LogP contribution < -0.4 is 16.4 Å². The van der Waals surface area contributed by atoms with Gasteiger partial charge in [-0.25, -0.2) is 9.59 Å². The summed E-state index contributed by atoms with van der Waals surface area (Å²) in [5, 5.41) is 5.01. The second-order valence-electron chi connectivity index (χ2n) is 7.26. The SMILES string of the molecule is CC(C)(C)OC(=O)Nc1ccccc1C(NC(=O)OCc1ccccc1)C(N)=O. The summed E-state index contributed by atoms with van der Waals surface area (Å²) >= 11 is 0. The number of amides is 3. The number of nitrogens with one attached hydrogen (secondary N) is 2. The van der Waals surface area contributed by atoms with Gasteiger partial charge in [0.25, 0.3) is 0 Å². The van der Waals surface area contributed by atoms with E-state index in [1.54, 1.807) is 57.2 Å². The molecule has 154 valence electrons. The molecule has 8 nitrogen and oxygen atoms in total. The van der Waals surface area contributed by atoms with Crippen LogP contribution in [0.15, 0.2) is 54.6 Å². The maximum atomic E-state index is 12.2. The van der Waals surface area contributed by atoms with Gasteiger partial charge in [0.2, 0.25) is 5.91 Å². The van der Waals surface area contributed by atoms with E-state index in [4.69, 9.17) is 15.2 Å². The maximum Gasteiger partial charge on any atom is 0.412 e. The number of anilines is 1. The van der Waals surface area contributed by atoms with Gasteiger partial charge in [-0.2, -0.15) is 0 Å². The Morgan fingerprint density at radius 2 is 1.59 bits per heavy atom. The number of rotatable bonds is 6. The van der Waals surface area contributed by atoms with E-state index in [0.29, 0.717) is 5.56 Å². The average Bonchev–Trinajstić information content (AvgIpc) is 2.64. The molecule has 29 heavy (non-hydrogen) atoms. The van der Waals surface area contributed by atoms with E-state index in [0.717, 1.165) is 5.56 Å². The van der Waals surface area contributed by atoms with Crippen LogP contribution in [0.4, 0.5) is 15.3 Å². The van der Waals surface area contributed by atoms with Gasteiger partial charge in [-0.3, -0.25) is 10.1 Å². The van der Waals surface area contributed by atoms with Gasteiger partial charge in [-0.1, -0.05) is 48.5 Å². The van der Waals surface area contributed by atoms with E-state index >= 15 is 0 Å². The maximum absolute atomic E-state index is 12.2. The van der Waals surface area contributed by atoms with Crippen molar-refractivity contribution in [2.45, 2.75) is 39.0 Å². The van der Waals surface area contributed by atoms with Crippen molar-refractivity contribution in [1.29, 1.82) is 0 Å². The highest BCUT2D eigenvalue weighted by atomic mass is 16.6. The van der Waals surface area contributed by atoms with Crippen LogP contribution in [-0.4, -0.2) is 23.7 Å². The molecule has 0 fully saturated rings. The highest BCUT2D eigenvalue weighted by molar-refractivity contribution is 5.91. The van der Waals surface area contributed by atoms with E-state index in [9.17, 15) is 14.4 Å². The zero-order valence-electron chi connectivity index (χ0n) is 16.6. The number of alkyl carbamates (subject to hydrolysis) is 1. The van der Waals surface area contributed by atoms with Crippen LogP contribution in [0.25, 0.3) is 0 Å². The van der Waals surface area contributed by atoms with Gasteiger partial charge in [-0.15, -0.1) is 0 Å². The van der Waals surface area contributed by atoms with Gasteiger partial charge < -0.3 is 20.5 Å². The molecule has 0 heterocycles. The van der Waals surface area contributed by atoms with Crippen LogP contribution >= 0.6 is 0 Å². The molecule has 0 aliphatic heterocycles. The summed E-state index contributed by atoms with van der Waals surface area (Å²) in [5.74, 6) is -0.805. The van der Waals surface area contributed by atoms with Crippen molar-refractivity contribution in [3.63, 3.8) is 0 Å². The van der Waals surface area contributed by atoms with Crippen LogP contribution in [-0.2, 0) is 20.9 Å². The number of hydrogen-bond donors (Lipinski definition) is 3. The minimum atomic E-state index is -1.20. The predicted molar refractivity (Wildman–Crippen MR) is 108 cm³/mol. The molecular weight excluding hydrogens is 374 g/mol.